The number of hydrogen-bond donors (Lipinski definition) is 0. The van der Waals surface area contributed by atoms with Crippen molar-refractivity contribution < 1.29 is 4.52 Å². The van der Waals surface area contributed by atoms with Gasteiger partial charge in [0.15, 0.2) is 11.0 Å². The summed E-state index contributed by atoms with van der Waals surface area (Å²) >= 11 is 3.46. The summed E-state index contributed by atoms with van der Waals surface area (Å²) in [4.78, 5) is 5.88. The first-order chi connectivity index (χ1) is 13.4. The summed E-state index contributed by atoms with van der Waals surface area (Å²) in [6.07, 6.45) is 9.58. The normalized spacial score (nSPS) is 18.2. The van der Waals surface area contributed by atoms with E-state index in [4.69, 9.17) is 4.52 Å². The summed E-state index contributed by atoms with van der Waals surface area (Å²) in [5.41, 5.74) is 0. The Hall–Kier alpha value is -1.67. The van der Waals surface area contributed by atoms with Crippen LogP contribution >= 0.6 is 23.1 Å². The second-order valence-electron chi connectivity index (χ2n) is 7.43. The lowest BCUT2D eigenvalue weighted by molar-refractivity contribution is 0.330. The topological polar surface area (TPSA) is 69.6 Å². The van der Waals surface area contributed by atoms with Crippen LogP contribution in [0.15, 0.2) is 27.2 Å². The molecule has 0 unspecified atom stereocenters. The maximum absolute atomic E-state index is 5.38. The highest BCUT2D eigenvalue weighted by molar-refractivity contribution is 7.98. The van der Waals surface area contributed by atoms with Gasteiger partial charge in [0.25, 0.3) is 0 Å². The number of hydrogen-bond acceptors (Lipinski definition) is 7. The third-order valence-corrected chi connectivity index (χ3v) is 7.14. The Kier molecular flexibility index (Phi) is 5.00. The molecule has 0 spiro atoms. The van der Waals surface area contributed by atoms with Crippen molar-refractivity contribution in [2.24, 2.45) is 0 Å². The van der Waals surface area contributed by atoms with Gasteiger partial charge < -0.3 is 9.09 Å². The van der Waals surface area contributed by atoms with Crippen LogP contribution in [0, 0.1) is 0 Å². The molecule has 3 aromatic rings. The molecule has 3 heterocycles. The molecule has 2 fully saturated rings. The molecule has 0 atom stereocenters. The summed E-state index contributed by atoms with van der Waals surface area (Å²) in [5.74, 6) is 3.83. The van der Waals surface area contributed by atoms with E-state index in [1.807, 2.05) is 0 Å². The summed E-state index contributed by atoms with van der Waals surface area (Å²) < 4.78 is 7.78. The molecule has 3 aromatic heterocycles. The fraction of sp³-hybridized carbons (Fsp3) is 0.579. The van der Waals surface area contributed by atoms with E-state index in [-0.39, 0.29) is 0 Å². The third kappa shape index (κ3) is 3.96. The molecule has 0 aliphatic heterocycles. The summed E-state index contributed by atoms with van der Waals surface area (Å²) in [6, 6.07) is 4.79. The highest BCUT2D eigenvalue weighted by Gasteiger charge is 2.30. The Morgan fingerprint density at radius 3 is 2.81 bits per heavy atom. The maximum atomic E-state index is 5.38. The van der Waals surface area contributed by atoms with Crippen molar-refractivity contribution >= 4 is 23.1 Å². The second kappa shape index (κ2) is 7.75. The van der Waals surface area contributed by atoms with Crippen LogP contribution in [0.2, 0.25) is 0 Å². The molecule has 0 amide bonds. The number of nitrogens with zero attached hydrogens (tertiary/aromatic N) is 5. The SMILES string of the molecule is c1csc(Cc2nnc(SCc3noc(C4CC4)n3)n2C2CCCCC2)c1. The van der Waals surface area contributed by atoms with Crippen molar-refractivity contribution in [3.63, 3.8) is 0 Å². The smallest absolute Gasteiger partial charge is 0.229 e. The van der Waals surface area contributed by atoms with E-state index in [0.29, 0.717) is 17.7 Å². The van der Waals surface area contributed by atoms with Gasteiger partial charge in [0.1, 0.15) is 5.82 Å². The Labute approximate surface area is 166 Å². The van der Waals surface area contributed by atoms with Gasteiger partial charge in [-0.2, -0.15) is 4.98 Å². The molecule has 5 rings (SSSR count). The third-order valence-electron chi connectivity index (χ3n) is 5.33. The van der Waals surface area contributed by atoms with Crippen LogP contribution in [0.1, 0.15) is 79.3 Å². The van der Waals surface area contributed by atoms with E-state index in [9.17, 15) is 0 Å². The van der Waals surface area contributed by atoms with Crippen molar-refractivity contribution in [1.82, 2.24) is 24.9 Å². The lowest BCUT2D eigenvalue weighted by atomic mass is 9.95. The van der Waals surface area contributed by atoms with Crippen LogP contribution in [-0.4, -0.2) is 24.9 Å². The average molecular weight is 402 g/mol. The van der Waals surface area contributed by atoms with Crippen LogP contribution in [0.3, 0.4) is 0 Å². The van der Waals surface area contributed by atoms with E-state index in [2.05, 4.69) is 42.4 Å². The zero-order valence-electron chi connectivity index (χ0n) is 15.2. The number of thioether (sulfide) groups is 1. The number of rotatable bonds is 7. The fourth-order valence-corrected chi connectivity index (χ4v) is 5.32. The van der Waals surface area contributed by atoms with Gasteiger partial charge in [-0.1, -0.05) is 42.2 Å². The first-order valence-corrected chi connectivity index (χ1v) is 11.6. The molecule has 2 saturated carbocycles. The van der Waals surface area contributed by atoms with Gasteiger partial charge in [-0.05, 0) is 37.1 Å². The van der Waals surface area contributed by atoms with Crippen LogP contribution < -0.4 is 0 Å². The fourth-order valence-electron chi connectivity index (χ4n) is 3.75. The molecule has 0 N–H and O–H groups in total. The second-order valence-corrected chi connectivity index (χ2v) is 9.40. The molecule has 8 heteroatoms. The molecule has 142 valence electrons. The van der Waals surface area contributed by atoms with Gasteiger partial charge in [-0.25, -0.2) is 0 Å². The van der Waals surface area contributed by atoms with Gasteiger partial charge in [-0.3, -0.25) is 0 Å². The minimum absolute atomic E-state index is 0.500. The standard InChI is InChI=1S/C19H23N5OS2/c1-2-5-14(6-3-1)24-17(11-15-7-4-10-26-15)21-22-19(24)27-12-16-20-18(25-23-16)13-8-9-13/h4,7,10,13-14H,1-3,5-6,8-9,11-12H2. The van der Waals surface area contributed by atoms with Crippen LogP contribution in [-0.2, 0) is 12.2 Å². The zero-order chi connectivity index (χ0) is 18.1. The summed E-state index contributed by atoms with van der Waals surface area (Å²) in [5, 5.41) is 16.3. The van der Waals surface area contributed by atoms with Gasteiger partial charge in [0.2, 0.25) is 5.89 Å². The Balaban J connectivity index is 1.35. The highest BCUT2D eigenvalue weighted by atomic mass is 32.2. The molecular formula is C19H23N5OS2. The molecule has 27 heavy (non-hydrogen) atoms. The monoisotopic (exact) mass is 401 g/mol. The molecular weight excluding hydrogens is 378 g/mol. The van der Waals surface area contributed by atoms with Crippen molar-refractivity contribution in [2.75, 3.05) is 0 Å². The van der Waals surface area contributed by atoms with Gasteiger partial charge in [-0.15, -0.1) is 21.5 Å². The summed E-state index contributed by atoms with van der Waals surface area (Å²) in [6.45, 7) is 0. The first-order valence-electron chi connectivity index (χ1n) is 9.78. The van der Waals surface area contributed by atoms with E-state index in [1.165, 1.54) is 49.8 Å². The molecule has 6 nitrogen and oxygen atoms in total. The Morgan fingerprint density at radius 2 is 2.04 bits per heavy atom. The predicted molar refractivity (Wildman–Crippen MR) is 105 cm³/mol. The highest BCUT2D eigenvalue weighted by Crippen LogP contribution is 2.39. The number of aromatic nitrogens is 5. The van der Waals surface area contributed by atoms with E-state index >= 15 is 0 Å². The van der Waals surface area contributed by atoms with Crippen molar-refractivity contribution in [1.29, 1.82) is 0 Å². The predicted octanol–water partition coefficient (Wildman–Crippen LogP) is 4.99. The van der Waals surface area contributed by atoms with Gasteiger partial charge in [0.05, 0.1) is 5.75 Å². The first kappa shape index (κ1) is 17.4. The van der Waals surface area contributed by atoms with Crippen LogP contribution in [0.25, 0.3) is 0 Å². The maximum Gasteiger partial charge on any atom is 0.229 e. The molecule has 0 bridgehead atoms. The van der Waals surface area contributed by atoms with Gasteiger partial charge >= 0.3 is 0 Å². The van der Waals surface area contributed by atoms with E-state index < -0.39 is 0 Å². The van der Waals surface area contributed by atoms with Crippen molar-refractivity contribution in [3.8, 4) is 0 Å². The van der Waals surface area contributed by atoms with Crippen molar-refractivity contribution in [3.05, 3.63) is 39.9 Å². The largest absolute Gasteiger partial charge is 0.339 e. The Bertz CT molecular complexity index is 878. The lowest BCUT2D eigenvalue weighted by Crippen LogP contribution is -2.16. The van der Waals surface area contributed by atoms with Crippen LogP contribution in [0.4, 0.5) is 0 Å². The lowest BCUT2D eigenvalue weighted by Gasteiger charge is -2.25. The minimum atomic E-state index is 0.500. The van der Waals surface area contributed by atoms with Gasteiger partial charge in [0, 0.05) is 23.3 Å². The molecule has 0 radical (unpaired) electrons. The van der Waals surface area contributed by atoms with Crippen molar-refractivity contribution in [2.45, 2.75) is 74.2 Å². The molecule has 0 aromatic carbocycles. The average Bonchev–Trinajstić information content (AvgIpc) is 3.10. The molecule has 2 aliphatic carbocycles. The van der Waals surface area contributed by atoms with Crippen LogP contribution in [0.5, 0.6) is 0 Å². The molecule has 2 aliphatic rings. The Morgan fingerprint density at radius 1 is 1.15 bits per heavy atom. The van der Waals surface area contributed by atoms with E-state index in [0.717, 1.165) is 29.1 Å². The summed E-state index contributed by atoms with van der Waals surface area (Å²) in [7, 11) is 0. The quantitative estimate of drug-likeness (QED) is 0.520. The molecule has 0 saturated heterocycles. The zero-order valence-corrected chi connectivity index (χ0v) is 16.8. The number of thiophene rings is 1. The van der Waals surface area contributed by atoms with E-state index in [1.54, 1.807) is 23.1 Å². The minimum Gasteiger partial charge on any atom is -0.339 e.